The fourth-order valence-corrected chi connectivity index (χ4v) is 3.61. The van der Waals surface area contributed by atoms with Gasteiger partial charge in [-0.25, -0.2) is 13.8 Å². The quantitative estimate of drug-likeness (QED) is 0.848. The van der Waals surface area contributed by atoms with Crippen molar-refractivity contribution in [3.05, 3.63) is 52.0 Å². The molecule has 1 saturated heterocycles. The summed E-state index contributed by atoms with van der Waals surface area (Å²) < 4.78 is 27.4. The molecule has 1 aromatic carbocycles. The van der Waals surface area contributed by atoms with Crippen LogP contribution in [0, 0.1) is 17.6 Å². The highest BCUT2D eigenvalue weighted by Gasteiger charge is 2.25. The van der Waals surface area contributed by atoms with E-state index in [0.717, 1.165) is 19.4 Å². The van der Waals surface area contributed by atoms with E-state index in [9.17, 15) is 13.6 Å². The average Bonchev–Trinajstić information content (AvgIpc) is 3.08. The maximum Gasteiger partial charge on any atom is 0.273 e. The number of carbonyl (C=O) groups is 1. The predicted octanol–water partition coefficient (Wildman–Crippen LogP) is 3.91. The first-order chi connectivity index (χ1) is 11.1. The van der Waals surface area contributed by atoms with Crippen LogP contribution in [0.4, 0.5) is 8.78 Å². The molecule has 1 amide bonds. The first-order valence-corrected chi connectivity index (χ1v) is 8.70. The van der Waals surface area contributed by atoms with Crippen LogP contribution in [0.1, 0.15) is 35.3 Å². The van der Waals surface area contributed by atoms with Crippen LogP contribution >= 0.6 is 11.3 Å². The monoisotopic (exact) mass is 336 g/mol. The average molecular weight is 336 g/mol. The molecule has 3 rings (SSSR count). The van der Waals surface area contributed by atoms with E-state index in [-0.39, 0.29) is 17.4 Å². The molecule has 3 nitrogen and oxygen atoms in total. The third kappa shape index (κ3) is 3.75. The van der Waals surface area contributed by atoms with E-state index in [4.69, 9.17) is 0 Å². The number of benzene rings is 1. The Kier molecular flexibility index (Phi) is 5.00. The lowest BCUT2D eigenvalue weighted by atomic mass is 9.91. The zero-order valence-electron chi connectivity index (χ0n) is 12.7. The van der Waals surface area contributed by atoms with Crippen LogP contribution in [0.5, 0.6) is 0 Å². The number of hydrogen-bond donors (Lipinski definition) is 0. The van der Waals surface area contributed by atoms with Crippen LogP contribution in [-0.4, -0.2) is 28.9 Å². The highest BCUT2D eigenvalue weighted by Crippen LogP contribution is 2.24. The molecule has 1 aliphatic heterocycles. The number of nitrogens with zero attached hydrogens (tertiary/aromatic N) is 2. The molecule has 6 heteroatoms. The Morgan fingerprint density at radius 3 is 2.83 bits per heavy atom. The number of piperidine rings is 1. The molecule has 1 unspecified atom stereocenters. The third-order valence-corrected chi connectivity index (χ3v) is 4.91. The Balaban J connectivity index is 1.60. The van der Waals surface area contributed by atoms with Crippen LogP contribution in [0.2, 0.25) is 0 Å². The zero-order chi connectivity index (χ0) is 16.2. The maximum absolute atomic E-state index is 13.7. The zero-order valence-corrected chi connectivity index (χ0v) is 13.5. The standard InChI is InChI=1S/C17H18F2N2OS/c18-14-4-1-5-15(19)13(14)7-6-12-3-2-8-21(9-12)17(22)16-10-23-11-20-16/h1,4-5,10-12H,2-3,6-9H2. The van der Waals surface area contributed by atoms with Gasteiger partial charge in [0.1, 0.15) is 17.3 Å². The van der Waals surface area contributed by atoms with Crippen LogP contribution in [0.15, 0.2) is 29.1 Å². The second-order valence-electron chi connectivity index (χ2n) is 5.87. The van der Waals surface area contributed by atoms with Gasteiger partial charge in [0.15, 0.2) is 0 Å². The molecule has 1 atom stereocenters. The largest absolute Gasteiger partial charge is 0.337 e. The number of aromatic nitrogens is 1. The Bertz CT molecular complexity index is 655. The summed E-state index contributed by atoms with van der Waals surface area (Å²) in [5.41, 5.74) is 2.28. The molecular formula is C17H18F2N2OS. The molecule has 0 radical (unpaired) electrons. The van der Waals surface area contributed by atoms with Crippen LogP contribution < -0.4 is 0 Å². The Morgan fingerprint density at radius 1 is 1.35 bits per heavy atom. The van der Waals surface area contributed by atoms with E-state index in [0.29, 0.717) is 25.1 Å². The summed E-state index contributed by atoms with van der Waals surface area (Å²) in [5.74, 6) is -0.759. The summed E-state index contributed by atoms with van der Waals surface area (Å²) in [6, 6.07) is 3.96. The van der Waals surface area contributed by atoms with E-state index in [2.05, 4.69) is 4.98 Å². The summed E-state index contributed by atoms with van der Waals surface area (Å²) in [7, 11) is 0. The van der Waals surface area contributed by atoms with E-state index >= 15 is 0 Å². The number of halogens is 2. The van der Waals surface area contributed by atoms with Crippen molar-refractivity contribution in [3.8, 4) is 0 Å². The van der Waals surface area contributed by atoms with Gasteiger partial charge in [-0.05, 0) is 43.7 Å². The van der Waals surface area contributed by atoms with Crippen molar-refractivity contribution >= 4 is 17.2 Å². The van der Waals surface area contributed by atoms with E-state index in [1.807, 2.05) is 0 Å². The SMILES string of the molecule is O=C(c1cscn1)N1CCCC(CCc2c(F)cccc2F)C1. The van der Waals surface area contributed by atoms with Gasteiger partial charge >= 0.3 is 0 Å². The van der Waals surface area contributed by atoms with Gasteiger partial charge in [-0.1, -0.05) is 6.07 Å². The molecule has 0 saturated carbocycles. The molecule has 122 valence electrons. The summed E-state index contributed by atoms with van der Waals surface area (Å²) in [6.07, 6.45) is 2.94. The van der Waals surface area contributed by atoms with Gasteiger partial charge in [0.25, 0.3) is 5.91 Å². The van der Waals surface area contributed by atoms with Crippen molar-refractivity contribution in [1.82, 2.24) is 9.88 Å². The minimum absolute atomic E-state index is 0.0481. The Morgan fingerprint density at radius 2 is 2.13 bits per heavy atom. The lowest BCUT2D eigenvalue weighted by Gasteiger charge is -2.32. The van der Waals surface area contributed by atoms with E-state index in [1.54, 1.807) is 15.8 Å². The normalized spacial score (nSPS) is 18.2. The van der Waals surface area contributed by atoms with Crippen molar-refractivity contribution in [3.63, 3.8) is 0 Å². The van der Waals surface area contributed by atoms with Gasteiger partial charge in [-0.3, -0.25) is 4.79 Å². The molecular weight excluding hydrogens is 318 g/mol. The minimum Gasteiger partial charge on any atom is -0.337 e. The van der Waals surface area contributed by atoms with Crippen molar-refractivity contribution in [2.24, 2.45) is 5.92 Å². The van der Waals surface area contributed by atoms with Crippen molar-refractivity contribution in [1.29, 1.82) is 0 Å². The fraction of sp³-hybridized carbons (Fsp3) is 0.412. The lowest BCUT2D eigenvalue weighted by Crippen LogP contribution is -2.40. The van der Waals surface area contributed by atoms with Gasteiger partial charge < -0.3 is 4.90 Å². The number of rotatable bonds is 4. The third-order valence-electron chi connectivity index (χ3n) is 4.32. The molecule has 1 aliphatic rings. The predicted molar refractivity (Wildman–Crippen MR) is 85.4 cm³/mol. The molecule has 0 bridgehead atoms. The van der Waals surface area contributed by atoms with Gasteiger partial charge in [-0.2, -0.15) is 0 Å². The number of carbonyl (C=O) groups excluding carboxylic acids is 1. The first kappa shape index (κ1) is 16.1. The second-order valence-corrected chi connectivity index (χ2v) is 6.59. The highest BCUT2D eigenvalue weighted by molar-refractivity contribution is 7.07. The Hall–Kier alpha value is -1.82. The molecule has 23 heavy (non-hydrogen) atoms. The summed E-state index contributed by atoms with van der Waals surface area (Å²) in [4.78, 5) is 18.2. The smallest absolute Gasteiger partial charge is 0.273 e. The molecule has 2 heterocycles. The summed E-state index contributed by atoms with van der Waals surface area (Å²) in [6.45, 7) is 1.35. The second kappa shape index (κ2) is 7.17. The molecule has 0 N–H and O–H groups in total. The Labute approximate surface area is 138 Å². The maximum atomic E-state index is 13.7. The first-order valence-electron chi connectivity index (χ1n) is 7.75. The molecule has 0 aliphatic carbocycles. The van der Waals surface area contributed by atoms with Crippen LogP contribution in [0.3, 0.4) is 0 Å². The summed E-state index contributed by atoms with van der Waals surface area (Å²) >= 11 is 1.40. The van der Waals surface area contributed by atoms with Crippen molar-refractivity contribution in [2.45, 2.75) is 25.7 Å². The van der Waals surface area contributed by atoms with Crippen LogP contribution in [0.25, 0.3) is 0 Å². The van der Waals surface area contributed by atoms with Crippen molar-refractivity contribution in [2.75, 3.05) is 13.1 Å². The molecule has 2 aromatic rings. The van der Waals surface area contributed by atoms with E-state index < -0.39 is 11.6 Å². The fourth-order valence-electron chi connectivity index (χ4n) is 3.08. The minimum atomic E-state index is -0.490. The van der Waals surface area contributed by atoms with Gasteiger partial charge in [0, 0.05) is 24.0 Å². The number of thiazole rings is 1. The molecule has 1 fully saturated rings. The summed E-state index contributed by atoms with van der Waals surface area (Å²) in [5, 5.41) is 1.75. The van der Waals surface area contributed by atoms with E-state index in [1.165, 1.54) is 29.5 Å². The molecule has 0 spiro atoms. The van der Waals surface area contributed by atoms with Crippen molar-refractivity contribution < 1.29 is 13.6 Å². The number of hydrogen-bond acceptors (Lipinski definition) is 3. The lowest BCUT2D eigenvalue weighted by molar-refractivity contribution is 0.0663. The van der Waals surface area contributed by atoms with Gasteiger partial charge in [0.2, 0.25) is 0 Å². The highest BCUT2D eigenvalue weighted by atomic mass is 32.1. The van der Waals surface area contributed by atoms with Gasteiger partial charge in [0.05, 0.1) is 5.51 Å². The van der Waals surface area contributed by atoms with Crippen LogP contribution in [-0.2, 0) is 6.42 Å². The number of likely N-dealkylation sites (tertiary alicyclic amines) is 1. The van der Waals surface area contributed by atoms with Gasteiger partial charge in [-0.15, -0.1) is 11.3 Å². The molecule has 1 aromatic heterocycles. The number of amides is 1. The topological polar surface area (TPSA) is 33.2 Å².